The number of rotatable bonds is 17. The van der Waals surface area contributed by atoms with E-state index in [1.54, 1.807) is 26.1 Å². The van der Waals surface area contributed by atoms with Crippen molar-refractivity contribution in [2.75, 3.05) is 14.1 Å². The zero-order chi connectivity index (χ0) is 81.5. The molecular weight excluding hydrogens is 1790 g/mol. The van der Waals surface area contributed by atoms with Crippen molar-refractivity contribution in [3.63, 3.8) is 0 Å². The van der Waals surface area contributed by atoms with Gasteiger partial charge in [0.2, 0.25) is 23.4 Å². The molecule has 0 saturated heterocycles. The van der Waals surface area contributed by atoms with Crippen molar-refractivity contribution < 1.29 is 25.6 Å². The Morgan fingerprint density at radius 1 is 0.402 bits per heavy atom. The molecular formula is C98H107BrCl2N10O2P2PdSn. The summed E-state index contributed by atoms with van der Waals surface area (Å²) >= 11 is 1.32. The van der Waals surface area contributed by atoms with E-state index in [0.29, 0.717) is 11.9 Å². The summed E-state index contributed by atoms with van der Waals surface area (Å²) in [5, 5.41) is 27.8. The zero-order valence-electron chi connectivity index (χ0n) is 67.7. The van der Waals surface area contributed by atoms with Crippen molar-refractivity contribution >= 4 is 117 Å². The largest absolute Gasteiger partial charge is 0.0622 e. The molecule has 12 nitrogen and oxygen atoms in total. The second-order valence-corrected chi connectivity index (χ2v) is 52.1. The third-order valence-electron chi connectivity index (χ3n) is 24.1. The summed E-state index contributed by atoms with van der Waals surface area (Å²) in [7, 11) is 12.4. The number of halogens is 3. The van der Waals surface area contributed by atoms with Gasteiger partial charge in [-0.25, -0.2) is 29.8 Å². The predicted octanol–water partition coefficient (Wildman–Crippen LogP) is 20.3. The number of hydroxylamine groups is 4. The van der Waals surface area contributed by atoms with Crippen molar-refractivity contribution in [2.45, 2.75) is 148 Å². The minimum absolute atomic E-state index is 0.0788. The standard InChI is InChI=1S/C25H25N5O.C21H22BrN3O.2C18H15P.C4H3N2.3C4H9.2ClH.Pd.Sn/c1-30-23(26)29-25(31-30)22-14-19(21-10-13-27-28-16-21)6-7-20(22)15-24(25)11-8-17-4-2-3-5-18(17)9-12-24;1-25-19(23)24-21(26-25)18-12-17(22)7-6-16(18)13-20(21)10-8-14-4-2-3-5-15(14)9-11-20;2*1-4-10-16(11-5-1)19(17-12-6-2-7-13-17)18-14-8-3-9-15-18;1-2-4-6-5-3-1;3*1-3-4-2;;;;/h2-7,10,13-14,16H,8-9,11-12,15H2,1H3,(H2,26,29);2-7,12H,8-11,13H2,1H3,(H2,23,24);2*1-15H;1,3-4H;3*1,3-4H2,2H3;2*1H;;/q;;;;;;;;;;+2;/p-2. The van der Waals surface area contributed by atoms with Crippen molar-refractivity contribution in [3.8, 4) is 11.1 Å². The van der Waals surface area contributed by atoms with E-state index in [9.17, 15) is 0 Å². The summed E-state index contributed by atoms with van der Waals surface area (Å²) in [6, 6.07) is 99.6. The molecule has 18 rings (SSSR count). The van der Waals surface area contributed by atoms with Gasteiger partial charge in [-0.05, 0) is 175 Å². The molecule has 606 valence electrons. The molecule has 0 fully saturated rings. The van der Waals surface area contributed by atoms with Gasteiger partial charge in [-0.15, -0.1) is 0 Å². The zero-order valence-corrected chi connectivity index (χ0v) is 77.0. The molecule has 4 spiro atoms. The van der Waals surface area contributed by atoms with Crippen LogP contribution in [-0.2, 0) is 75.6 Å². The first-order valence-electron chi connectivity index (χ1n) is 41.1. The molecule has 4 aliphatic carbocycles. The van der Waals surface area contributed by atoms with Crippen LogP contribution >= 0.6 is 50.8 Å². The number of hydrogen-bond acceptors (Lipinski definition) is 12. The Bertz CT molecular complexity index is 4800. The van der Waals surface area contributed by atoms with Gasteiger partial charge in [-0.2, -0.15) is 10.2 Å². The first kappa shape index (κ1) is 87.0. The van der Waals surface area contributed by atoms with E-state index in [4.69, 9.17) is 50.2 Å². The minimum Gasteiger partial charge on any atom is -0.0622 e. The van der Waals surface area contributed by atoms with Gasteiger partial charge in [0.1, 0.15) is 0 Å². The van der Waals surface area contributed by atoms with Crippen LogP contribution in [0.15, 0.2) is 318 Å². The Hall–Kier alpha value is -7.80. The number of nitrogens with two attached hydrogens (primary N) is 2. The summed E-state index contributed by atoms with van der Waals surface area (Å²) in [5.74, 6) is 0.893. The fourth-order valence-electron chi connectivity index (χ4n) is 18.1. The Labute approximate surface area is 724 Å². The van der Waals surface area contributed by atoms with E-state index in [2.05, 4.69) is 336 Å². The maximum Gasteiger partial charge on any atom is -0.0134 e. The quantitative estimate of drug-likeness (QED) is 0.0665. The number of guanidine groups is 2. The summed E-state index contributed by atoms with van der Waals surface area (Å²) < 4.78 is 7.21. The first-order chi connectivity index (χ1) is 57.2. The number of aryl methyl sites for hydroxylation is 4. The van der Waals surface area contributed by atoms with E-state index >= 15 is 0 Å². The van der Waals surface area contributed by atoms with Crippen LogP contribution in [0.1, 0.15) is 129 Å². The molecule has 0 amide bonds. The molecule has 0 saturated carbocycles. The maximum atomic E-state index is 6.56. The summed E-state index contributed by atoms with van der Waals surface area (Å²) in [4.78, 5) is 23.0. The molecule has 0 radical (unpaired) electrons. The van der Waals surface area contributed by atoms with Crippen LogP contribution in [0.25, 0.3) is 11.1 Å². The second-order valence-electron chi connectivity index (χ2n) is 31.1. The molecule has 6 aliphatic rings. The predicted molar refractivity (Wildman–Crippen MR) is 493 cm³/mol. The van der Waals surface area contributed by atoms with Crippen molar-refractivity contribution in [3.05, 3.63) is 353 Å². The smallest absolute Gasteiger partial charge is 0.0134 e. The van der Waals surface area contributed by atoms with Crippen molar-refractivity contribution in [1.82, 2.24) is 30.5 Å². The summed E-state index contributed by atoms with van der Waals surface area (Å²) in [6.07, 6.45) is 25.9. The Kier molecular flexibility index (Phi) is 31.2. The third kappa shape index (κ3) is 20.3. The molecule has 117 heavy (non-hydrogen) atoms. The number of aromatic nitrogens is 4. The second kappa shape index (κ2) is 41.9. The van der Waals surface area contributed by atoms with Crippen LogP contribution in [-0.4, -0.2) is 74.9 Å². The molecule has 0 bridgehead atoms. The first-order valence-corrected chi connectivity index (χ1v) is 56.1. The van der Waals surface area contributed by atoms with Gasteiger partial charge in [-0.1, -0.05) is 265 Å². The van der Waals surface area contributed by atoms with E-state index in [0.717, 1.165) is 90.9 Å². The van der Waals surface area contributed by atoms with Crippen LogP contribution in [0, 0.1) is 10.8 Å². The molecule has 2 unspecified atom stereocenters. The fraction of sp³-hybridized carbons (Fsp3) is 0.286. The van der Waals surface area contributed by atoms with Crippen molar-refractivity contribution in [1.29, 1.82) is 0 Å². The molecule has 4 heterocycles. The van der Waals surface area contributed by atoms with Gasteiger partial charge in [-0.3, -0.25) is 0 Å². The van der Waals surface area contributed by atoms with Gasteiger partial charge in [0.25, 0.3) is 0 Å². The van der Waals surface area contributed by atoms with Gasteiger partial charge >= 0.3 is 158 Å². The third-order valence-corrected chi connectivity index (χ3v) is 45.0. The van der Waals surface area contributed by atoms with Crippen LogP contribution in [0.3, 0.4) is 0 Å². The van der Waals surface area contributed by atoms with E-state index in [1.165, 1.54) is 117 Å². The van der Waals surface area contributed by atoms with Crippen LogP contribution in [0.5, 0.6) is 0 Å². The van der Waals surface area contributed by atoms with Crippen LogP contribution in [0.4, 0.5) is 0 Å². The summed E-state index contributed by atoms with van der Waals surface area (Å²) in [5.41, 5.74) is 23.6. The molecule has 2 aromatic heterocycles. The van der Waals surface area contributed by atoms with E-state index < -0.39 is 45.7 Å². The SMILES string of the molecule is CCC[CH2][Sn]([CH2]CCC)([CH2]CCC)[c]1ccnnc1.CN1OC2(N=C1N)c1cc(-c3ccnnc3)ccc1CC21CCc2ccccc2CC1.CN1OC2(N=C1N)c1cc(Br)ccc1CC21CCc2ccccc2CC1.[Cl][Pd][Cl].c1ccc(P(c2ccccc2)c2ccccc2)cc1.c1ccc(P(c2ccccc2)c2ccccc2)cc1. The normalized spacial score (nSPS) is 17.5. The fourth-order valence-corrected chi connectivity index (χ4v) is 38.6. The molecule has 2 aliphatic heterocycles. The summed E-state index contributed by atoms with van der Waals surface area (Å²) in [6.45, 7) is 6.96. The number of fused-ring (bicyclic) bond motifs is 8. The van der Waals surface area contributed by atoms with Gasteiger partial charge < -0.3 is 11.5 Å². The Morgan fingerprint density at radius 2 is 0.726 bits per heavy atom. The van der Waals surface area contributed by atoms with Crippen LogP contribution < -0.4 is 46.9 Å². The maximum absolute atomic E-state index is 6.56. The van der Waals surface area contributed by atoms with Gasteiger partial charge in [0.05, 0.1) is 12.4 Å². The minimum atomic E-state index is -2.20. The molecule has 12 aromatic rings. The topological polar surface area (TPSA) is 153 Å². The number of hydrogen-bond donors (Lipinski definition) is 2. The monoisotopic (exact) mass is 1890 g/mol. The average Bonchev–Trinajstić information content (AvgIpc) is 1.54. The number of nitrogens with zero attached hydrogens (tertiary/aromatic N) is 8. The number of unbranched alkanes of at least 4 members (excludes halogenated alkanes) is 3. The Morgan fingerprint density at radius 3 is 1.03 bits per heavy atom. The molecule has 4 N–H and O–H groups in total. The van der Waals surface area contributed by atoms with E-state index in [-0.39, 0.29) is 26.8 Å². The number of aliphatic imine (C=N–C) groups is 2. The molecule has 2 atom stereocenters. The number of benzene rings is 10. The molecule has 19 heteroatoms. The Balaban J connectivity index is 0.000000128. The van der Waals surface area contributed by atoms with Gasteiger partial charge in [0.15, 0.2) is 0 Å². The van der Waals surface area contributed by atoms with Crippen molar-refractivity contribution in [2.24, 2.45) is 32.3 Å². The van der Waals surface area contributed by atoms with Gasteiger partial charge in [0, 0.05) is 46.1 Å². The van der Waals surface area contributed by atoms with E-state index in [1.807, 2.05) is 26.4 Å². The van der Waals surface area contributed by atoms with Crippen LogP contribution in [0.2, 0.25) is 13.3 Å². The molecule has 10 aromatic carbocycles. The average molecular weight is 1890 g/mol.